The normalized spacial score (nSPS) is 13.8. The molecule has 2 atom stereocenters. The average molecular weight is 270 g/mol. The molecule has 0 aliphatic carbocycles. The summed E-state index contributed by atoms with van der Waals surface area (Å²) >= 11 is 0. The molecule has 2 rings (SSSR count). The maximum absolute atomic E-state index is 10.8. The predicted molar refractivity (Wildman–Crippen MR) is 82.2 cm³/mol. The predicted octanol–water partition coefficient (Wildman–Crippen LogP) is 4.23. The number of methoxy groups -OCH3 is 1. The second-order valence-electron chi connectivity index (χ2n) is 5.12. The molecule has 2 nitrogen and oxygen atoms in total. The smallest absolute Gasteiger partial charge is 0.124 e. The van der Waals surface area contributed by atoms with Gasteiger partial charge in [0.1, 0.15) is 5.75 Å². The monoisotopic (exact) mass is 270 g/mol. The zero-order valence-electron chi connectivity index (χ0n) is 12.3. The highest BCUT2D eigenvalue weighted by Crippen LogP contribution is 2.37. The lowest BCUT2D eigenvalue weighted by atomic mass is 9.86. The zero-order chi connectivity index (χ0) is 14.5. The topological polar surface area (TPSA) is 29.5 Å². The van der Waals surface area contributed by atoms with Gasteiger partial charge in [0.2, 0.25) is 0 Å². The van der Waals surface area contributed by atoms with Crippen molar-refractivity contribution in [3.63, 3.8) is 0 Å². The molecule has 2 aromatic rings. The molecule has 0 spiro atoms. The SMILES string of the molecule is CCC(c1ccccc1)C(O)c1cc(C)ccc1OC. The van der Waals surface area contributed by atoms with Crippen molar-refractivity contribution in [2.24, 2.45) is 0 Å². The molecule has 0 amide bonds. The van der Waals surface area contributed by atoms with Gasteiger partial charge in [0.15, 0.2) is 0 Å². The largest absolute Gasteiger partial charge is 0.496 e. The van der Waals surface area contributed by atoms with Gasteiger partial charge in [0.05, 0.1) is 13.2 Å². The van der Waals surface area contributed by atoms with Gasteiger partial charge in [0.25, 0.3) is 0 Å². The summed E-state index contributed by atoms with van der Waals surface area (Å²) in [7, 11) is 1.64. The Balaban J connectivity index is 2.38. The van der Waals surface area contributed by atoms with Gasteiger partial charge in [0, 0.05) is 11.5 Å². The van der Waals surface area contributed by atoms with Crippen molar-refractivity contribution in [3.05, 3.63) is 65.2 Å². The van der Waals surface area contributed by atoms with Crippen molar-refractivity contribution >= 4 is 0 Å². The molecule has 0 saturated heterocycles. The van der Waals surface area contributed by atoms with Crippen molar-refractivity contribution in [1.82, 2.24) is 0 Å². The minimum absolute atomic E-state index is 0.0758. The standard InChI is InChI=1S/C18H22O2/c1-4-15(14-8-6-5-7-9-14)18(19)16-12-13(2)10-11-17(16)20-3/h5-12,15,18-19H,4H2,1-3H3. The number of aliphatic hydroxyl groups excluding tert-OH is 1. The van der Waals surface area contributed by atoms with Crippen molar-refractivity contribution < 1.29 is 9.84 Å². The fourth-order valence-electron chi connectivity index (χ4n) is 2.64. The van der Waals surface area contributed by atoms with Gasteiger partial charge in [-0.05, 0) is 31.0 Å². The summed E-state index contributed by atoms with van der Waals surface area (Å²) < 4.78 is 5.39. The number of benzene rings is 2. The third kappa shape index (κ3) is 3.02. The summed E-state index contributed by atoms with van der Waals surface area (Å²) in [5.74, 6) is 0.824. The van der Waals surface area contributed by atoms with Crippen LogP contribution in [0.5, 0.6) is 5.75 Å². The van der Waals surface area contributed by atoms with Crippen molar-refractivity contribution in [1.29, 1.82) is 0 Å². The molecule has 2 heteroatoms. The Bertz CT molecular complexity index is 549. The number of aryl methyl sites for hydroxylation is 1. The van der Waals surface area contributed by atoms with Gasteiger partial charge in [-0.15, -0.1) is 0 Å². The van der Waals surface area contributed by atoms with Gasteiger partial charge in [-0.1, -0.05) is 48.9 Å². The molecule has 2 aromatic carbocycles. The van der Waals surface area contributed by atoms with Crippen LogP contribution in [0, 0.1) is 6.92 Å². The Morgan fingerprint density at radius 3 is 2.40 bits per heavy atom. The van der Waals surface area contributed by atoms with Crippen LogP contribution >= 0.6 is 0 Å². The van der Waals surface area contributed by atoms with Gasteiger partial charge in [-0.2, -0.15) is 0 Å². The molecule has 0 aromatic heterocycles. The van der Waals surface area contributed by atoms with Crippen molar-refractivity contribution in [3.8, 4) is 5.75 Å². The van der Waals surface area contributed by atoms with E-state index in [1.54, 1.807) is 7.11 Å². The quantitative estimate of drug-likeness (QED) is 0.881. The lowest BCUT2D eigenvalue weighted by Gasteiger charge is -2.24. The summed E-state index contributed by atoms with van der Waals surface area (Å²) in [6.07, 6.45) is 0.319. The van der Waals surface area contributed by atoms with E-state index in [1.165, 1.54) is 0 Å². The number of ether oxygens (including phenoxy) is 1. The molecule has 0 heterocycles. The molecule has 1 N–H and O–H groups in total. The Morgan fingerprint density at radius 1 is 1.10 bits per heavy atom. The van der Waals surface area contributed by atoms with Crippen LogP contribution in [-0.4, -0.2) is 12.2 Å². The second kappa shape index (κ2) is 6.58. The first-order chi connectivity index (χ1) is 9.67. The van der Waals surface area contributed by atoms with E-state index >= 15 is 0 Å². The van der Waals surface area contributed by atoms with Crippen molar-refractivity contribution in [2.75, 3.05) is 7.11 Å². The maximum atomic E-state index is 10.8. The van der Waals surface area contributed by atoms with Crippen LogP contribution in [0.2, 0.25) is 0 Å². The molecule has 0 radical (unpaired) electrons. The van der Waals surface area contributed by atoms with Crippen LogP contribution in [0.25, 0.3) is 0 Å². The Hall–Kier alpha value is -1.80. The van der Waals surface area contributed by atoms with Crippen LogP contribution in [0.1, 0.15) is 42.1 Å². The fraction of sp³-hybridized carbons (Fsp3) is 0.333. The number of hydrogen-bond donors (Lipinski definition) is 1. The lowest BCUT2D eigenvalue weighted by Crippen LogP contribution is -2.11. The van der Waals surface area contributed by atoms with Gasteiger partial charge >= 0.3 is 0 Å². The highest BCUT2D eigenvalue weighted by Gasteiger charge is 2.23. The van der Waals surface area contributed by atoms with Gasteiger partial charge < -0.3 is 9.84 Å². The van der Waals surface area contributed by atoms with E-state index in [0.29, 0.717) is 0 Å². The molecular formula is C18H22O2. The molecule has 0 fully saturated rings. The molecule has 20 heavy (non-hydrogen) atoms. The number of hydrogen-bond acceptors (Lipinski definition) is 2. The third-order valence-corrected chi connectivity index (χ3v) is 3.75. The van der Waals surface area contributed by atoms with E-state index in [9.17, 15) is 5.11 Å². The Morgan fingerprint density at radius 2 is 1.80 bits per heavy atom. The van der Waals surface area contributed by atoms with Gasteiger partial charge in [-0.3, -0.25) is 0 Å². The number of rotatable bonds is 5. The first-order valence-electron chi connectivity index (χ1n) is 7.05. The molecule has 0 aliphatic heterocycles. The van der Waals surface area contributed by atoms with E-state index in [2.05, 4.69) is 19.1 Å². The molecule has 0 aliphatic rings. The van der Waals surface area contributed by atoms with E-state index in [0.717, 1.165) is 28.9 Å². The third-order valence-electron chi connectivity index (χ3n) is 3.75. The summed E-state index contributed by atoms with van der Waals surface area (Å²) in [4.78, 5) is 0. The fourth-order valence-corrected chi connectivity index (χ4v) is 2.64. The van der Waals surface area contributed by atoms with Crippen LogP contribution in [0.3, 0.4) is 0 Å². The highest BCUT2D eigenvalue weighted by atomic mass is 16.5. The van der Waals surface area contributed by atoms with E-state index in [-0.39, 0.29) is 5.92 Å². The van der Waals surface area contributed by atoms with Crippen LogP contribution in [0.4, 0.5) is 0 Å². The van der Waals surface area contributed by atoms with Gasteiger partial charge in [-0.25, -0.2) is 0 Å². The Kier molecular flexibility index (Phi) is 4.80. The molecule has 106 valence electrons. The Labute approximate surface area is 121 Å². The molecule has 2 unspecified atom stereocenters. The van der Waals surface area contributed by atoms with Crippen LogP contribution < -0.4 is 4.74 Å². The van der Waals surface area contributed by atoms with E-state index in [1.807, 2.05) is 43.3 Å². The van der Waals surface area contributed by atoms with E-state index < -0.39 is 6.10 Å². The summed E-state index contributed by atoms with van der Waals surface area (Å²) in [5, 5.41) is 10.8. The second-order valence-corrected chi connectivity index (χ2v) is 5.12. The maximum Gasteiger partial charge on any atom is 0.124 e. The summed E-state index contributed by atoms with van der Waals surface area (Å²) in [6, 6.07) is 16.1. The van der Waals surface area contributed by atoms with Crippen LogP contribution in [-0.2, 0) is 0 Å². The average Bonchev–Trinajstić information content (AvgIpc) is 2.49. The molecular weight excluding hydrogens is 248 g/mol. The summed E-state index contributed by atoms with van der Waals surface area (Å²) in [5.41, 5.74) is 3.15. The minimum atomic E-state index is -0.558. The first kappa shape index (κ1) is 14.6. The lowest BCUT2D eigenvalue weighted by molar-refractivity contribution is 0.139. The highest BCUT2D eigenvalue weighted by molar-refractivity contribution is 5.40. The number of aliphatic hydroxyl groups is 1. The van der Waals surface area contributed by atoms with E-state index in [4.69, 9.17) is 4.74 Å². The van der Waals surface area contributed by atoms with Crippen molar-refractivity contribution in [2.45, 2.75) is 32.3 Å². The summed E-state index contributed by atoms with van der Waals surface area (Å²) in [6.45, 7) is 4.13. The zero-order valence-corrected chi connectivity index (χ0v) is 12.3. The first-order valence-corrected chi connectivity index (χ1v) is 7.05. The molecule has 0 saturated carbocycles. The minimum Gasteiger partial charge on any atom is -0.496 e. The van der Waals surface area contributed by atoms with Crippen LogP contribution in [0.15, 0.2) is 48.5 Å². The molecule has 0 bridgehead atoms.